The molecule has 1 fully saturated rings. The van der Waals surface area contributed by atoms with Crippen molar-refractivity contribution in [3.8, 4) is 6.07 Å². The maximum absolute atomic E-state index is 11.4. The van der Waals surface area contributed by atoms with E-state index in [2.05, 4.69) is 0 Å². The highest BCUT2D eigenvalue weighted by atomic mass is 16.4. The molecule has 1 rings (SSSR count). The third-order valence-electron chi connectivity index (χ3n) is 3.36. The lowest BCUT2D eigenvalue weighted by Gasteiger charge is -2.25. The average Bonchev–Trinajstić information content (AvgIpc) is 2.67. The van der Waals surface area contributed by atoms with E-state index in [0.29, 0.717) is 12.8 Å². The average molecular weight is 219 g/mol. The molecule has 0 radical (unpaired) electrons. The molecule has 86 valence electrons. The molecule has 0 unspecified atom stereocenters. The van der Waals surface area contributed by atoms with Gasteiger partial charge in [0.2, 0.25) is 0 Å². The predicted octanol–water partition coefficient (Wildman–Crippen LogP) is 3.05. The van der Waals surface area contributed by atoms with Gasteiger partial charge < -0.3 is 5.11 Å². The zero-order chi connectivity index (χ0) is 12.2. The molecule has 0 amide bonds. The van der Waals surface area contributed by atoms with E-state index in [1.807, 2.05) is 26.0 Å². The fourth-order valence-electron chi connectivity index (χ4n) is 2.38. The fraction of sp³-hybridized carbons (Fsp3) is 0.538. The Labute approximate surface area is 96.1 Å². The minimum Gasteiger partial charge on any atom is -0.481 e. The van der Waals surface area contributed by atoms with Crippen molar-refractivity contribution in [2.45, 2.75) is 39.5 Å². The van der Waals surface area contributed by atoms with Gasteiger partial charge in [-0.15, -0.1) is 0 Å². The molecule has 1 saturated carbocycles. The van der Waals surface area contributed by atoms with E-state index in [9.17, 15) is 9.90 Å². The van der Waals surface area contributed by atoms with E-state index in [0.717, 1.165) is 24.0 Å². The molecule has 0 aromatic heterocycles. The molecule has 3 nitrogen and oxygen atoms in total. The van der Waals surface area contributed by atoms with Crippen molar-refractivity contribution < 1.29 is 9.90 Å². The van der Waals surface area contributed by atoms with Crippen molar-refractivity contribution in [3.63, 3.8) is 0 Å². The van der Waals surface area contributed by atoms with Crippen LogP contribution in [0.15, 0.2) is 23.3 Å². The fourth-order valence-corrected chi connectivity index (χ4v) is 2.38. The summed E-state index contributed by atoms with van der Waals surface area (Å²) in [5.41, 5.74) is 0.985. The monoisotopic (exact) mass is 219 g/mol. The second-order valence-corrected chi connectivity index (χ2v) is 4.44. The number of allylic oxidation sites excluding steroid dienone is 3. The Bertz CT molecular complexity index is 379. The first-order valence-corrected chi connectivity index (χ1v) is 5.51. The second-order valence-electron chi connectivity index (χ2n) is 4.44. The summed E-state index contributed by atoms with van der Waals surface area (Å²) in [5.74, 6) is -0.733. The molecule has 16 heavy (non-hydrogen) atoms. The van der Waals surface area contributed by atoms with Crippen molar-refractivity contribution in [2.24, 2.45) is 5.41 Å². The van der Waals surface area contributed by atoms with Gasteiger partial charge in [-0.3, -0.25) is 4.79 Å². The van der Waals surface area contributed by atoms with E-state index in [1.165, 1.54) is 6.08 Å². The molecule has 0 heterocycles. The number of hydrogen-bond donors (Lipinski definition) is 1. The van der Waals surface area contributed by atoms with Crippen molar-refractivity contribution >= 4 is 5.97 Å². The van der Waals surface area contributed by atoms with Crippen LogP contribution in [0.5, 0.6) is 0 Å². The topological polar surface area (TPSA) is 61.1 Å². The molecule has 1 aliphatic rings. The lowest BCUT2D eigenvalue weighted by atomic mass is 9.78. The van der Waals surface area contributed by atoms with Gasteiger partial charge in [0.25, 0.3) is 0 Å². The SMILES string of the molecule is CC(=C\C#N)/C=C(\C)C1(C(=O)O)CCCC1. The molecule has 0 atom stereocenters. The Morgan fingerprint density at radius 1 is 1.38 bits per heavy atom. The lowest BCUT2D eigenvalue weighted by molar-refractivity contribution is -0.146. The Hall–Kier alpha value is -1.56. The third kappa shape index (κ3) is 2.33. The number of rotatable bonds is 3. The highest BCUT2D eigenvalue weighted by Gasteiger charge is 2.42. The summed E-state index contributed by atoms with van der Waals surface area (Å²) in [6.45, 7) is 3.67. The summed E-state index contributed by atoms with van der Waals surface area (Å²) >= 11 is 0. The van der Waals surface area contributed by atoms with Crippen LogP contribution in [0.2, 0.25) is 0 Å². The maximum atomic E-state index is 11.4. The van der Waals surface area contributed by atoms with Crippen molar-refractivity contribution in [1.29, 1.82) is 5.26 Å². The standard InChI is InChI=1S/C13H17NO2/c1-10(5-8-14)9-11(2)13(12(15)16)6-3-4-7-13/h5,9H,3-4,6-7H2,1-2H3,(H,15,16)/b10-5+,11-9+. The number of carboxylic acids is 1. The highest BCUT2D eigenvalue weighted by Crippen LogP contribution is 2.44. The van der Waals surface area contributed by atoms with E-state index in [4.69, 9.17) is 5.26 Å². The number of hydrogen-bond acceptors (Lipinski definition) is 2. The molecule has 3 heteroatoms. The quantitative estimate of drug-likeness (QED) is 0.586. The molecule has 0 saturated heterocycles. The summed E-state index contributed by atoms with van der Waals surface area (Å²) < 4.78 is 0. The zero-order valence-electron chi connectivity index (χ0n) is 9.79. The summed E-state index contributed by atoms with van der Waals surface area (Å²) in [5, 5.41) is 17.9. The molecular formula is C13H17NO2. The zero-order valence-corrected chi connectivity index (χ0v) is 9.79. The van der Waals surface area contributed by atoms with E-state index >= 15 is 0 Å². The molecule has 0 aromatic rings. The van der Waals surface area contributed by atoms with E-state index in [-0.39, 0.29) is 0 Å². The molecule has 1 N–H and O–H groups in total. The molecular weight excluding hydrogens is 202 g/mol. The Morgan fingerprint density at radius 2 is 1.94 bits per heavy atom. The first kappa shape index (κ1) is 12.5. The number of aliphatic carboxylic acids is 1. The van der Waals surface area contributed by atoms with E-state index in [1.54, 1.807) is 0 Å². The van der Waals surface area contributed by atoms with Crippen LogP contribution in [-0.2, 0) is 4.79 Å². The minimum atomic E-state index is -0.733. The Morgan fingerprint density at radius 3 is 2.38 bits per heavy atom. The van der Waals surface area contributed by atoms with Crippen molar-refractivity contribution in [1.82, 2.24) is 0 Å². The molecule has 1 aliphatic carbocycles. The summed E-state index contributed by atoms with van der Waals surface area (Å²) in [6.07, 6.45) is 6.63. The number of nitriles is 1. The molecule has 0 bridgehead atoms. The maximum Gasteiger partial charge on any atom is 0.313 e. The van der Waals surface area contributed by atoms with Crippen LogP contribution in [0.4, 0.5) is 0 Å². The van der Waals surface area contributed by atoms with Gasteiger partial charge in [-0.1, -0.05) is 24.5 Å². The van der Waals surface area contributed by atoms with Crippen LogP contribution in [-0.4, -0.2) is 11.1 Å². The van der Waals surface area contributed by atoms with Gasteiger partial charge >= 0.3 is 5.97 Å². The molecule has 0 aliphatic heterocycles. The van der Waals surface area contributed by atoms with Crippen LogP contribution in [0.25, 0.3) is 0 Å². The molecule has 0 spiro atoms. The normalized spacial score (nSPS) is 20.6. The first-order valence-electron chi connectivity index (χ1n) is 5.51. The Kier molecular flexibility index (Phi) is 3.89. The Balaban J connectivity index is 3.02. The smallest absolute Gasteiger partial charge is 0.313 e. The van der Waals surface area contributed by atoms with Gasteiger partial charge in [0.15, 0.2) is 0 Å². The van der Waals surface area contributed by atoms with Gasteiger partial charge in [-0.25, -0.2) is 0 Å². The van der Waals surface area contributed by atoms with Crippen molar-refractivity contribution in [2.75, 3.05) is 0 Å². The molecule has 0 aromatic carbocycles. The van der Waals surface area contributed by atoms with Crippen molar-refractivity contribution in [3.05, 3.63) is 23.3 Å². The lowest BCUT2D eigenvalue weighted by Crippen LogP contribution is -2.29. The summed E-state index contributed by atoms with van der Waals surface area (Å²) in [7, 11) is 0. The van der Waals surface area contributed by atoms with Gasteiger partial charge in [-0.05, 0) is 32.3 Å². The predicted molar refractivity (Wildman–Crippen MR) is 61.7 cm³/mol. The van der Waals surface area contributed by atoms with Gasteiger partial charge in [0.1, 0.15) is 0 Å². The number of carboxylic acid groups (broad SMARTS) is 1. The first-order chi connectivity index (χ1) is 7.53. The van der Waals surface area contributed by atoms with Crippen LogP contribution in [0, 0.1) is 16.7 Å². The minimum absolute atomic E-state index is 0.690. The van der Waals surface area contributed by atoms with Crippen LogP contribution in [0.3, 0.4) is 0 Å². The number of nitrogens with zero attached hydrogens (tertiary/aromatic N) is 1. The van der Waals surface area contributed by atoms with Gasteiger partial charge in [0.05, 0.1) is 11.5 Å². The van der Waals surface area contributed by atoms with Gasteiger partial charge in [0, 0.05) is 6.08 Å². The van der Waals surface area contributed by atoms with Gasteiger partial charge in [-0.2, -0.15) is 5.26 Å². The number of carbonyl (C=O) groups is 1. The third-order valence-corrected chi connectivity index (χ3v) is 3.36. The summed E-state index contributed by atoms with van der Waals surface area (Å²) in [4.78, 5) is 11.4. The van der Waals surface area contributed by atoms with E-state index < -0.39 is 11.4 Å². The van der Waals surface area contributed by atoms with Crippen LogP contribution < -0.4 is 0 Å². The van der Waals surface area contributed by atoms with Crippen LogP contribution >= 0.6 is 0 Å². The summed E-state index contributed by atoms with van der Waals surface area (Å²) in [6, 6.07) is 1.95. The van der Waals surface area contributed by atoms with Crippen LogP contribution in [0.1, 0.15) is 39.5 Å². The largest absolute Gasteiger partial charge is 0.481 e. The second kappa shape index (κ2) is 4.98. The highest BCUT2D eigenvalue weighted by molar-refractivity contribution is 5.79.